The van der Waals surface area contributed by atoms with E-state index in [1.54, 1.807) is 0 Å². The van der Waals surface area contributed by atoms with Crippen molar-refractivity contribution in [3.63, 3.8) is 0 Å². The Morgan fingerprint density at radius 1 is 0.580 bits per heavy atom. The molecule has 1 fully saturated rings. The zero-order chi connectivity index (χ0) is 34.2. The number of fused-ring (bicyclic) bond motifs is 1. The Kier molecular flexibility index (Phi) is 10.7. The van der Waals surface area contributed by atoms with Crippen LogP contribution in [-0.4, -0.2) is 31.1 Å². The van der Waals surface area contributed by atoms with Gasteiger partial charge in [0.15, 0.2) is 0 Å². The molecule has 0 N–H and O–H groups in total. The van der Waals surface area contributed by atoms with E-state index < -0.39 is 0 Å². The fourth-order valence-corrected chi connectivity index (χ4v) is 7.59. The van der Waals surface area contributed by atoms with Crippen molar-refractivity contribution in [2.75, 3.05) is 31.1 Å². The Balaban J connectivity index is 1.09. The fourth-order valence-electron chi connectivity index (χ4n) is 7.59. The first-order valence-corrected chi connectivity index (χ1v) is 18.3. The molecule has 2 aliphatic rings. The maximum Gasteiger partial charge on any atom is 0.120 e. The van der Waals surface area contributed by atoms with E-state index in [4.69, 9.17) is 14.2 Å². The van der Waals surface area contributed by atoms with Crippen LogP contribution in [0.15, 0.2) is 127 Å². The Hall–Kier alpha value is -4.74. The molecule has 7 rings (SSSR count). The van der Waals surface area contributed by atoms with Crippen LogP contribution in [0.2, 0.25) is 0 Å². The topological polar surface area (TPSA) is 34.2 Å². The number of anilines is 1. The molecule has 1 saturated heterocycles. The molecule has 0 saturated carbocycles. The van der Waals surface area contributed by atoms with Crippen molar-refractivity contribution in [3.05, 3.63) is 155 Å². The van der Waals surface area contributed by atoms with E-state index in [0.717, 1.165) is 48.1 Å². The number of ether oxygens (including phenoxy) is 3. The van der Waals surface area contributed by atoms with Crippen molar-refractivity contribution in [1.82, 2.24) is 4.90 Å². The van der Waals surface area contributed by atoms with Crippen LogP contribution < -0.4 is 19.1 Å². The first-order valence-electron chi connectivity index (χ1n) is 18.3. The highest BCUT2D eigenvalue weighted by Gasteiger charge is 2.45. The van der Waals surface area contributed by atoms with Crippen molar-refractivity contribution in [3.8, 4) is 17.2 Å². The summed E-state index contributed by atoms with van der Waals surface area (Å²) in [4.78, 5) is 5.11. The summed E-state index contributed by atoms with van der Waals surface area (Å²) < 4.78 is 18.7. The molecule has 1 unspecified atom stereocenters. The third-order valence-electron chi connectivity index (χ3n) is 10.3. The highest BCUT2D eigenvalue weighted by Crippen LogP contribution is 2.54. The van der Waals surface area contributed by atoms with E-state index in [-0.39, 0.29) is 11.5 Å². The van der Waals surface area contributed by atoms with Crippen LogP contribution in [-0.2, 0) is 25.2 Å². The Labute approximate surface area is 298 Å². The number of nitrogens with zero attached hydrogens (tertiary/aromatic N) is 2. The number of benzene rings is 5. The van der Waals surface area contributed by atoms with Gasteiger partial charge in [0.1, 0.15) is 37.1 Å². The number of likely N-dealkylation sites (tertiary alicyclic amines) is 1. The minimum absolute atomic E-state index is 0.120. The summed E-state index contributed by atoms with van der Waals surface area (Å²) in [7, 11) is 0. The minimum atomic E-state index is -0.176. The molecule has 50 heavy (non-hydrogen) atoms. The van der Waals surface area contributed by atoms with E-state index in [0.29, 0.717) is 13.2 Å². The predicted octanol–water partition coefficient (Wildman–Crippen LogP) is 10.1. The van der Waals surface area contributed by atoms with Crippen molar-refractivity contribution in [2.45, 2.75) is 70.7 Å². The number of hydrogen-bond acceptors (Lipinski definition) is 5. The van der Waals surface area contributed by atoms with E-state index in [2.05, 4.69) is 127 Å². The largest absolute Gasteiger partial charge is 0.492 e. The van der Waals surface area contributed by atoms with Gasteiger partial charge in [0.2, 0.25) is 0 Å². The van der Waals surface area contributed by atoms with Gasteiger partial charge in [-0.1, -0.05) is 112 Å². The second kappa shape index (κ2) is 15.9. The van der Waals surface area contributed by atoms with Gasteiger partial charge in [0, 0.05) is 24.2 Å². The summed E-state index contributed by atoms with van der Waals surface area (Å²) >= 11 is 0. The van der Waals surface area contributed by atoms with Crippen molar-refractivity contribution < 1.29 is 14.2 Å². The highest BCUT2D eigenvalue weighted by atomic mass is 16.5. The van der Waals surface area contributed by atoms with Gasteiger partial charge in [-0.2, -0.15) is 0 Å². The minimum Gasteiger partial charge on any atom is -0.492 e. The molecule has 0 aliphatic carbocycles. The lowest BCUT2D eigenvalue weighted by molar-refractivity contribution is 0.214. The molecule has 258 valence electrons. The molecule has 0 bridgehead atoms. The molecule has 0 radical (unpaired) electrons. The first-order chi connectivity index (χ1) is 24.5. The van der Waals surface area contributed by atoms with Gasteiger partial charge in [-0.05, 0) is 96.2 Å². The molecule has 5 aromatic carbocycles. The Bertz CT molecular complexity index is 1780. The molecule has 2 aliphatic heterocycles. The van der Waals surface area contributed by atoms with Crippen molar-refractivity contribution >= 4 is 5.69 Å². The van der Waals surface area contributed by atoms with Crippen LogP contribution in [0.5, 0.6) is 17.2 Å². The summed E-state index contributed by atoms with van der Waals surface area (Å²) in [5.41, 5.74) is 7.21. The summed E-state index contributed by atoms with van der Waals surface area (Å²) in [6.45, 7) is 10.7. The average Bonchev–Trinajstić information content (AvgIpc) is 3.30. The molecule has 2 heterocycles. The predicted molar refractivity (Wildman–Crippen MR) is 203 cm³/mol. The van der Waals surface area contributed by atoms with Crippen LogP contribution in [0.25, 0.3) is 0 Å². The maximum atomic E-state index is 6.32. The smallest absolute Gasteiger partial charge is 0.120 e. The molecule has 0 amide bonds. The lowest BCUT2D eigenvalue weighted by atomic mass is 9.77. The second-order valence-electron chi connectivity index (χ2n) is 14.3. The zero-order valence-corrected chi connectivity index (χ0v) is 29.6. The molecule has 5 nitrogen and oxygen atoms in total. The standard InChI is InChI=1S/C45H50N2O3/c1-45(2)42-31-41(50-34-37-15-9-6-10-16-37)25-26-43(42)47(44(45)38-19-23-40(24-20-38)49-33-36-13-7-5-8-14-36)32-35-17-21-39(22-18-35)48-30-29-46-27-11-3-4-12-28-46/h5-10,13-26,31,44H,3-4,11-12,27-30,32-34H2,1-2H3. The van der Waals surface area contributed by atoms with Gasteiger partial charge in [-0.25, -0.2) is 0 Å². The molecular weight excluding hydrogens is 617 g/mol. The van der Waals surface area contributed by atoms with Crippen LogP contribution in [0.1, 0.15) is 73.4 Å². The second-order valence-corrected chi connectivity index (χ2v) is 14.3. The summed E-state index contributed by atoms with van der Waals surface area (Å²) in [6.07, 6.45) is 5.33. The molecule has 5 aromatic rings. The first kappa shape index (κ1) is 33.7. The highest BCUT2D eigenvalue weighted by molar-refractivity contribution is 5.67. The van der Waals surface area contributed by atoms with E-state index >= 15 is 0 Å². The van der Waals surface area contributed by atoms with Gasteiger partial charge >= 0.3 is 0 Å². The van der Waals surface area contributed by atoms with Gasteiger partial charge in [0.25, 0.3) is 0 Å². The molecule has 1 atom stereocenters. The number of rotatable bonds is 13. The third-order valence-corrected chi connectivity index (χ3v) is 10.3. The van der Waals surface area contributed by atoms with Gasteiger partial charge in [-0.15, -0.1) is 0 Å². The fraction of sp³-hybridized carbons (Fsp3) is 0.333. The van der Waals surface area contributed by atoms with Crippen LogP contribution in [0.3, 0.4) is 0 Å². The van der Waals surface area contributed by atoms with Crippen molar-refractivity contribution in [2.24, 2.45) is 0 Å². The number of hydrogen-bond donors (Lipinski definition) is 0. The molecular formula is C45H50N2O3. The molecule has 0 spiro atoms. The summed E-state index contributed by atoms with van der Waals surface area (Å²) in [5.74, 6) is 2.71. The van der Waals surface area contributed by atoms with Crippen LogP contribution >= 0.6 is 0 Å². The van der Waals surface area contributed by atoms with Crippen LogP contribution in [0.4, 0.5) is 5.69 Å². The van der Waals surface area contributed by atoms with Crippen LogP contribution in [0, 0.1) is 0 Å². The quantitative estimate of drug-likeness (QED) is 0.125. The maximum absolute atomic E-state index is 6.32. The average molecular weight is 667 g/mol. The van der Waals surface area contributed by atoms with Gasteiger partial charge in [-0.3, -0.25) is 4.90 Å². The summed E-state index contributed by atoms with van der Waals surface area (Å²) in [6, 6.07) is 44.8. The lowest BCUT2D eigenvalue weighted by Crippen LogP contribution is -2.33. The van der Waals surface area contributed by atoms with Crippen molar-refractivity contribution in [1.29, 1.82) is 0 Å². The van der Waals surface area contributed by atoms with Gasteiger partial charge in [0.05, 0.1) is 6.04 Å². The monoisotopic (exact) mass is 666 g/mol. The zero-order valence-electron chi connectivity index (χ0n) is 29.6. The Morgan fingerprint density at radius 2 is 1.14 bits per heavy atom. The van der Waals surface area contributed by atoms with E-state index in [9.17, 15) is 0 Å². The molecule has 5 heteroatoms. The third kappa shape index (κ3) is 8.17. The van der Waals surface area contributed by atoms with E-state index in [1.807, 2.05) is 24.3 Å². The SMILES string of the molecule is CC1(C)c2cc(OCc3ccccc3)ccc2N(Cc2ccc(OCCN3CCCCCC3)cc2)C1c1ccc(OCc2ccccc2)cc1. The lowest BCUT2D eigenvalue weighted by Gasteiger charge is -2.35. The van der Waals surface area contributed by atoms with E-state index in [1.165, 1.54) is 61.2 Å². The van der Waals surface area contributed by atoms with Gasteiger partial charge < -0.3 is 19.1 Å². The normalized spacial score (nSPS) is 17.2. The Morgan fingerprint density at radius 3 is 1.78 bits per heavy atom. The molecule has 0 aromatic heterocycles. The summed E-state index contributed by atoms with van der Waals surface area (Å²) in [5, 5.41) is 0.